The molecule has 1 amide bonds. The Hall–Kier alpha value is -2.24. The third-order valence-corrected chi connectivity index (χ3v) is 4.84. The third-order valence-electron chi connectivity index (χ3n) is 4.84. The normalized spacial score (nSPS) is 17.3. The predicted octanol–water partition coefficient (Wildman–Crippen LogP) is 3.98. The van der Waals surface area contributed by atoms with Crippen molar-refractivity contribution < 1.29 is 18.1 Å². The molecule has 2 aromatic rings. The summed E-state index contributed by atoms with van der Waals surface area (Å²) in [5, 5.41) is 4.05. The van der Waals surface area contributed by atoms with E-state index in [1.54, 1.807) is 11.0 Å². The van der Waals surface area contributed by atoms with E-state index in [2.05, 4.69) is 5.16 Å². The van der Waals surface area contributed by atoms with Crippen molar-refractivity contribution in [2.75, 3.05) is 6.54 Å². The molecule has 0 saturated carbocycles. The molecule has 0 N–H and O–H groups in total. The molecule has 6 heteroatoms. The van der Waals surface area contributed by atoms with Gasteiger partial charge in [-0.1, -0.05) is 25.1 Å². The SMILES string of the molecule is CCc1noc(CC)c1CC(=O)N1CCCC1c1ccc(F)c(F)c1. The van der Waals surface area contributed by atoms with Crippen molar-refractivity contribution in [2.24, 2.45) is 0 Å². The summed E-state index contributed by atoms with van der Waals surface area (Å²) in [6.45, 7) is 4.57. The van der Waals surface area contributed by atoms with Crippen LogP contribution in [0.15, 0.2) is 22.7 Å². The molecule has 1 unspecified atom stereocenters. The lowest BCUT2D eigenvalue weighted by Crippen LogP contribution is -2.32. The fourth-order valence-electron chi connectivity index (χ4n) is 3.52. The molecule has 1 aromatic carbocycles. The Bertz CT molecular complexity index is 751. The molecule has 1 fully saturated rings. The second-order valence-electron chi connectivity index (χ2n) is 6.33. The van der Waals surface area contributed by atoms with Crippen LogP contribution in [0.5, 0.6) is 0 Å². The van der Waals surface area contributed by atoms with Crippen LogP contribution >= 0.6 is 0 Å². The molecule has 1 aromatic heterocycles. The van der Waals surface area contributed by atoms with E-state index in [1.165, 1.54) is 6.07 Å². The first-order valence-corrected chi connectivity index (χ1v) is 8.75. The van der Waals surface area contributed by atoms with Gasteiger partial charge in [0.2, 0.25) is 5.91 Å². The van der Waals surface area contributed by atoms with Gasteiger partial charge in [-0.2, -0.15) is 0 Å². The van der Waals surface area contributed by atoms with Crippen LogP contribution in [0, 0.1) is 11.6 Å². The average Bonchev–Trinajstić information content (AvgIpc) is 3.23. The Balaban J connectivity index is 1.81. The number of carbonyl (C=O) groups is 1. The van der Waals surface area contributed by atoms with Crippen molar-refractivity contribution in [2.45, 2.75) is 52.0 Å². The van der Waals surface area contributed by atoms with Gasteiger partial charge in [-0.3, -0.25) is 4.79 Å². The molecule has 1 saturated heterocycles. The number of hydrogen-bond donors (Lipinski definition) is 0. The van der Waals surface area contributed by atoms with E-state index < -0.39 is 11.6 Å². The number of benzene rings is 1. The van der Waals surface area contributed by atoms with E-state index in [0.717, 1.165) is 35.9 Å². The molecule has 3 rings (SSSR count). The van der Waals surface area contributed by atoms with Crippen LogP contribution in [-0.2, 0) is 24.1 Å². The van der Waals surface area contributed by atoms with Gasteiger partial charge in [-0.05, 0) is 37.0 Å². The third kappa shape index (κ3) is 3.43. The van der Waals surface area contributed by atoms with Crippen LogP contribution in [0.1, 0.15) is 55.3 Å². The highest BCUT2D eigenvalue weighted by molar-refractivity contribution is 5.80. The minimum atomic E-state index is -0.877. The van der Waals surface area contributed by atoms with Crippen LogP contribution in [0.2, 0.25) is 0 Å². The van der Waals surface area contributed by atoms with Gasteiger partial charge in [-0.25, -0.2) is 8.78 Å². The number of halogens is 2. The summed E-state index contributed by atoms with van der Waals surface area (Å²) in [7, 11) is 0. The van der Waals surface area contributed by atoms with Crippen LogP contribution in [0.25, 0.3) is 0 Å². The zero-order valence-corrected chi connectivity index (χ0v) is 14.5. The number of nitrogens with zero attached hydrogens (tertiary/aromatic N) is 2. The van der Waals surface area contributed by atoms with Gasteiger partial charge in [0.25, 0.3) is 0 Å². The smallest absolute Gasteiger partial charge is 0.227 e. The number of carbonyl (C=O) groups excluding carboxylic acids is 1. The molecule has 1 aliphatic heterocycles. The second kappa shape index (κ2) is 7.33. The number of aryl methyl sites for hydroxylation is 2. The van der Waals surface area contributed by atoms with Crippen molar-refractivity contribution >= 4 is 5.91 Å². The molecule has 0 bridgehead atoms. The minimum absolute atomic E-state index is 0.0279. The lowest BCUT2D eigenvalue weighted by Gasteiger charge is -2.25. The van der Waals surface area contributed by atoms with Gasteiger partial charge in [0.1, 0.15) is 5.76 Å². The Morgan fingerprint density at radius 2 is 2.08 bits per heavy atom. The van der Waals surface area contributed by atoms with Gasteiger partial charge in [0, 0.05) is 18.5 Å². The zero-order chi connectivity index (χ0) is 18.0. The lowest BCUT2D eigenvalue weighted by molar-refractivity contribution is -0.131. The maximum atomic E-state index is 13.6. The molecule has 0 spiro atoms. The highest BCUT2D eigenvalue weighted by Crippen LogP contribution is 2.33. The van der Waals surface area contributed by atoms with Crippen LogP contribution in [0.4, 0.5) is 8.78 Å². The van der Waals surface area contributed by atoms with Crippen LogP contribution < -0.4 is 0 Å². The first-order chi connectivity index (χ1) is 12.0. The molecular weight excluding hydrogens is 326 g/mol. The Labute approximate surface area is 145 Å². The average molecular weight is 348 g/mol. The van der Waals surface area contributed by atoms with Crippen LogP contribution in [-0.4, -0.2) is 22.5 Å². The molecule has 2 heterocycles. The van der Waals surface area contributed by atoms with E-state index in [0.29, 0.717) is 24.9 Å². The monoisotopic (exact) mass is 348 g/mol. The largest absolute Gasteiger partial charge is 0.361 e. The van der Waals surface area contributed by atoms with Gasteiger partial charge < -0.3 is 9.42 Å². The number of aromatic nitrogens is 1. The number of likely N-dealkylation sites (tertiary alicyclic amines) is 1. The van der Waals surface area contributed by atoms with E-state index in [4.69, 9.17) is 4.52 Å². The molecule has 134 valence electrons. The molecule has 25 heavy (non-hydrogen) atoms. The maximum Gasteiger partial charge on any atom is 0.227 e. The lowest BCUT2D eigenvalue weighted by atomic mass is 10.0. The van der Waals surface area contributed by atoms with E-state index in [1.807, 2.05) is 13.8 Å². The van der Waals surface area contributed by atoms with Gasteiger partial charge in [0.15, 0.2) is 11.6 Å². The topological polar surface area (TPSA) is 46.3 Å². The Morgan fingerprint density at radius 3 is 2.76 bits per heavy atom. The summed E-state index contributed by atoms with van der Waals surface area (Å²) in [6.07, 6.45) is 3.22. The number of amides is 1. The highest BCUT2D eigenvalue weighted by Gasteiger charge is 2.31. The van der Waals surface area contributed by atoms with Gasteiger partial charge in [-0.15, -0.1) is 0 Å². The quantitative estimate of drug-likeness (QED) is 0.821. The predicted molar refractivity (Wildman–Crippen MR) is 89.0 cm³/mol. The first-order valence-electron chi connectivity index (χ1n) is 8.75. The summed E-state index contributed by atoms with van der Waals surface area (Å²) in [5.41, 5.74) is 2.32. The summed E-state index contributed by atoms with van der Waals surface area (Å²) in [5.74, 6) is -1.03. The fraction of sp³-hybridized carbons (Fsp3) is 0.474. The van der Waals surface area contributed by atoms with Crippen molar-refractivity contribution in [3.8, 4) is 0 Å². The zero-order valence-electron chi connectivity index (χ0n) is 14.5. The fourth-order valence-corrected chi connectivity index (χ4v) is 3.52. The molecule has 1 atom stereocenters. The molecule has 4 nitrogen and oxygen atoms in total. The van der Waals surface area contributed by atoms with Gasteiger partial charge in [0.05, 0.1) is 18.2 Å². The maximum absolute atomic E-state index is 13.6. The van der Waals surface area contributed by atoms with Crippen LogP contribution in [0.3, 0.4) is 0 Å². The Morgan fingerprint density at radius 1 is 1.28 bits per heavy atom. The van der Waals surface area contributed by atoms with Gasteiger partial charge >= 0.3 is 0 Å². The van der Waals surface area contributed by atoms with Crippen molar-refractivity contribution in [1.29, 1.82) is 0 Å². The molecule has 1 aliphatic rings. The number of rotatable bonds is 5. The molecule has 0 aliphatic carbocycles. The van der Waals surface area contributed by atoms with Crippen molar-refractivity contribution in [3.63, 3.8) is 0 Å². The Kier molecular flexibility index (Phi) is 5.16. The number of hydrogen-bond acceptors (Lipinski definition) is 3. The van der Waals surface area contributed by atoms with E-state index in [9.17, 15) is 13.6 Å². The minimum Gasteiger partial charge on any atom is -0.361 e. The summed E-state index contributed by atoms with van der Waals surface area (Å²) in [6, 6.07) is 3.66. The summed E-state index contributed by atoms with van der Waals surface area (Å²) in [4.78, 5) is 14.6. The van der Waals surface area contributed by atoms with Crippen molar-refractivity contribution in [3.05, 3.63) is 52.4 Å². The standard InChI is InChI=1S/C19H22F2N2O2/c1-3-16-13(18(4-2)25-22-16)11-19(24)23-9-5-6-17(23)12-7-8-14(20)15(21)10-12/h7-8,10,17H,3-6,9,11H2,1-2H3. The first kappa shape index (κ1) is 17.6. The summed E-state index contributed by atoms with van der Waals surface area (Å²) >= 11 is 0. The van der Waals surface area contributed by atoms with E-state index in [-0.39, 0.29) is 18.4 Å². The highest BCUT2D eigenvalue weighted by atomic mass is 19.2. The molecule has 0 radical (unpaired) electrons. The molecular formula is C19H22F2N2O2. The van der Waals surface area contributed by atoms with E-state index >= 15 is 0 Å². The second-order valence-corrected chi connectivity index (χ2v) is 6.33. The van der Waals surface area contributed by atoms with Crippen molar-refractivity contribution in [1.82, 2.24) is 10.1 Å². The summed E-state index contributed by atoms with van der Waals surface area (Å²) < 4.78 is 32.1.